The third-order valence-electron chi connectivity index (χ3n) is 6.79. The van der Waals surface area contributed by atoms with Gasteiger partial charge in [-0.2, -0.15) is 0 Å². The van der Waals surface area contributed by atoms with Gasteiger partial charge in [0.2, 0.25) is 0 Å². The molecule has 3 fully saturated rings. The van der Waals surface area contributed by atoms with E-state index in [1.807, 2.05) is 36.4 Å². The van der Waals surface area contributed by atoms with E-state index >= 15 is 0 Å². The Balaban J connectivity index is 1.62. The van der Waals surface area contributed by atoms with E-state index in [2.05, 4.69) is 23.0 Å². The second-order valence-corrected chi connectivity index (χ2v) is 8.38. The first-order valence-corrected chi connectivity index (χ1v) is 10.6. The molecule has 5 nitrogen and oxygen atoms in total. The molecular weight excluding hydrogens is 374 g/mol. The average Bonchev–Trinajstić information content (AvgIpc) is 3.21. The topological polar surface area (TPSA) is 56.7 Å². The van der Waals surface area contributed by atoms with Gasteiger partial charge in [0, 0.05) is 24.6 Å². The summed E-state index contributed by atoms with van der Waals surface area (Å²) in [5.74, 6) is 3.52. The summed E-state index contributed by atoms with van der Waals surface area (Å²) in [5.41, 5.74) is 1.56. The van der Waals surface area contributed by atoms with Crippen LogP contribution in [0.4, 0.5) is 5.82 Å². The fourth-order valence-electron chi connectivity index (χ4n) is 5.27. The van der Waals surface area contributed by atoms with Crippen molar-refractivity contribution in [3.05, 3.63) is 71.4 Å². The zero-order valence-electron chi connectivity index (χ0n) is 16.9. The zero-order chi connectivity index (χ0) is 20.7. The number of nitrogens with zero attached hydrogens (tertiary/aromatic N) is 3. The zero-order valence-corrected chi connectivity index (χ0v) is 16.9. The minimum absolute atomic E-state index is 0.0658. The number of pyridine rings is 1. The molecule has 0 saturated carbocycles. The Hall–Kier alpha value is -2.94. The Morgan fingerprint density at radius 3 is 2.60 bits per heavy atom. The van der Waals surface area contributed by atoms with Gasteiger partial charge >= 0.3 is 0 Å². The largest absolute Gasteiger partial charge is 0.382 e. The molecule has 0 spiro atoms. The number of hydrogen-bond donors (Lipinski definition) is 1. The number of aromatic nitrogens is 1. The molecule has 1 aromatic carbocycles. The second kappa shape index (κ2) is 7.39. The standard InChI is InChI=1S/C25H25N3O2/c1-2-22-25(30,19-12-15-27(22)16-13-19)20-10-11-23(28-14-6-9-24(28)29)26-21(20)17-18-7-4-3-5-8-18/h1,3-11,19,22,30H,12-17H2. The molecule has 4 aliphatic heterocycles. The van der Waals surface area contributed by atoms with Gasteiger partial charge in [0.1, 0.15) is 17.5 Å². The van der Waals surface area contributed by atoms with Gasteiger partial charge in [-0.1, -0.05) is 48.4 Å². The molecular formula is C25H25N3O2. The first-order valence-electron chi connectivity index (χ1n) is 10.6. The molecule has 5 heterocycles. The van der Waals surface area contributed by atoms with Crippen LogP contribution in [0.25, 0.3) is 0 Å². The second-order valence-electron chi connectivity index (χ2n) is 8.38. The highest BCUT2D eigenvalue weighted by Gasteiger charge is 2.54. The molecule has 3 saturated heterocycles. The monoisotopic (exact) mass is 399 g/mol. The van der Waals surface area contributed by atoms with Crippen molar-refractivity contribution in [1.29, 1.82) is 0 Å². The van der Waals surface area contributed by atoms with Crippen LogP contribution in [0.3, 0.4) is 0 Å². The van der Waals surface area contributed by atoms with E-state index in [-0.39, 0.29) is 17.9 Å². The van der Waals surface area contributed by atoms with Crippen LogP contribution in [-0.2, 0) is 16.8 Å². The van der Waals surface area contributed by atoms with Crippen LogP contribution in [-0.4, -0.2) is 46.6 Å². The normalized spacial score (nSPS) is 29.9. The molecule has 30 heavy (non-hydrogen) atoms. The molecule has 0 radical (unpaired) electrons. The van der Waals surface area contributed by atoms with Crippen LogP contribution >= 0.6 is 0 Å². The molecule has 2 atom stereocenters. The Labute approximate surface area is 177 Å². The fraction of sp³-hybridized carbons (Fsp3) is 0.360. The number of carbonyl (C=O) groups excluding carboxylic acids is 1. The lowest BCUT2D eigenvalue weighted by molar-refractivity contribution is -0.143. The van der Waals surface area contributed by atoms with Gasteiger partial charge in [-0.05, 0) is 43.5 Å². The summed E-state index contributed by atoms with van der Waals surface area (Å²) >= 11 is 0. The first-order chi connectivity index (χ1) is 14.6. The van der Waals surface area contributed by atoms with Crippen LogP contribution < -0.4 is 4.90 Å². The maximum Gasteiger partial charge on any atom is 0.252 e. The lowest BCUT2D eigenvalue weighted by Crippen LogP contribution is -2.63. The Kier molecular flexibility index (Phi) is 4.69. The summed E-state index contributed by atoms with van der Waals surface area (Å²) in [6.45, 7) is 2.37. The molecule has 6 rings (SSSR count). The van der Waals surface area contributed by atoms with Gasteiger partial charge in [-0.3, -0.25) is 14.6 Å². The van der Waals surface area contributed by atoms with Gasteiger partial charge < -0.3 is 5.11 Å². The average molecular weight is 399 g/mol. The first kappa shape index (κ1) is 19.0. The van der Waals surface area contributed by atoms with Crippen molar-refractivity contribution in [2.45, 2.75) is 30.9 Å². The van der Waals surface area contributed by atoms with Crippen molar-refractivity contribution in [3.8, 4) is 12.3 Å². The van der Waals surface area contributed by atoms with E-state index in [1.54, 1.807) is 11.0 Å². The molecule has 4 aliphatic rings. The van der Waals surface area contributed by atoms with E-state index < -0.39 is 5.60 Å². The van der Waals surface area contributed by atoms with Crippen molar-refractivity contribution in [1.82, 2.24) is 9.88 Å². The Bertz CT molecular complexity index is 1030. The smallest absolute Gasteiger partial charge is 0.252 e. The number of hydrogen-bond acceptors (Lipinski definition) is 4. The van der Waals surface area contributed by atoms with Gasteiger partial charge in [0.05, 0.1) is 5.69 Å². The number of carbonyl (C=O) groups is 1. The van der Waals surface area contributed by atoms with Crippen LogP contribution in [0.1, 0.15) is 29.7 Å². The Morgan fingerprint density at radius 2 is 1.93 bits per heavy atom. The summed E-state index contributed by atoms with van der Waals surface area (Å²) in [6, 6.07) is 13.5. The molecule has 2 unspecified atom stereocenters. The Morgan fingerprint density at radius 1 is 1.17 bits per heavy atom. The number of fused-ring (bicyclic) bond motifs is 3. The number of amides is 1. The van der Waals surface area contributed by atoms with Crippen molar-refractivity contribution in [3.63, 3.8) is 0 Å². The highest BCUT2D eigenvalue weighted by Crippen LogP contribution is 2.47. The van der Waals surface area contributed by atoms with Gasteiger partial charge in [-0.25, -0.2) is 4.98 Å². The minimum atomic E-state index is -1.13. The lowest BCUT2D eigenvalue weighted by atomic mass is 9.66. The molecule has 2 bridgehead atoms. The van der Waals surface area contributed by atoms with Gasteiger partial charge in [0.25, 0.3) is 5.91 Å². The van der Waals surface area contributed by atoms with E-state index in [0.29, 0.717) is 18.8 Å². The minimum Gasteiger partial charge on any atom is -0.382 e. The van der Waals surface area contributed by atoms with Crippen LogP contribution in [0.5, 0.6) is 0 Å². The summed E-state index contributed by atoms with van der Waals surface area (Å²) in [4.78, 5) is 21.0. The number of aliphatic hydroxyl groups is 1. The van der Waals surface area contributed by atoms with Gasteiger partial charge in [0.15, 0.2) is 0 Å². The van der Waals surface area contributed by atoms with E-state index in [1.165, 1.54) is 0 Å². The van der Waals surface area contributed by atoms with Crippen molar-refractivity contribution in [2.24, 2.45) is 5.92 Å². The predicted octanol–water partition coefficient (Wildman–Crippen LogP) is 2.49. The predicted molar refractivity (Wildman–Crippen MR) is 116 cm³/mol. The maximum absolute atomic E-state index is 12.2. The molecule has 1 amide bonds. The number of piperidine rings is 3. The quantitative estimate of drug-likeness (QED) is 0.803. The SMILES string of the molecule is C#CC1N2CCC(CC2)C1(O)c1ccc(N2CC=CC2=O)nc1Cc1ccccc1. The third-order valence-corrected chi connectivity index (χ3v) is 6.79. The van der Waals surface area contributed by atoms with Crippen LogP contribution in [0, 0.1) is 18.3 Å². The van der Waals surface area contributed by atoms with Crippen molar-refractivity contribution in [2.75, 3.05) is 24.5 Å². The van der Waals surface area contributed by atoms with Crippen molar-refractivity contribution < 1.29 is 9.90 Å². The summed E-state index contributed by atoms with van der Waals surface area (Å²) in [6.07, 6.45) is 11.8. The van der Waals surface area contributed by atoms with Crippen LogP contribution in [0.15, 0.2) is 54.6 Å². The van der Waals surface area contributed by atoms with E-state index in [9.17, 15) is 9.90 Å². The molecule has 0 aliphatic carbocycles. The summed E-state index contributed by atoms with van der Waals surface area (Å²) in [5, 5.41) is 12.0. The summed E-state index contributed by atoms with van der Waals surface area (Å²) in [7, 11) is 0. The third kappa shape index (κ3) is 2.96. The highest BCUT2D eigenvalue weighted by atomic mass is 16.3. The maximum atomic E-state index is 12.2. The van der Waals surface area contributed by atoms with Gasteiger partial charge in [-0.15, -0.1) is 6.42 Å². The fourth-order valence-corrected chi connectivity index (χ4v) is 5.27. The van der Waals surface area contributed by atoms with Crippen LogP contribution in [0.2, 0.25) is 0 Å². The molecule has 1 N–H and O–H groups in total. The number of rotatable bonds is 4. The van der Waals surface area contributed by atoms with E-state index in [0.717, 1.165) is 42.8 Å². The summed E-state index contributed by atoms with van der Waals surface area (Å²) < 4.78 is 0. The molecule has 152 valence electrons. The molecule has 2 aromatic rings. The lowest BCUT2D eigenvalue weighted by Gasteiger charge is -2.54. The highest BCUT2D eigenvalue weighted by molar-refractivity contribution is 6.03. The molecule has 1 aromatic heterocycles. The number of anilines is 1. The molecule has 5 heteroatoms. The number of benzene rings is 1. The number of terminal acetylenes is 1. The van der Waals surface area contributed by atoms with E-state index in [4.69, 9.17) is 11.4 Å². The van der Waals surface area contributed by atoms with Crippen molar-refractivity contribution >= 4 is 11.7 Å².